The maximum atomic E-state index is 11.9. The molecule has 1 heterocycles. The van der Waals surface area contributed by atoms with Gasteiger partial charge in [-0.25, -0.2) is 4.79 Å². The van der Waals surface area contributed by atoms with E-state index in [9.17, 15) is 4.79 Å². The molecule has 17 heavy (non-hydrogen) atoms. The highest BCUT2D eigenvalue weighted by Gasteiger charge is 2.19. The second-order valence-electron chi connectivity index (χ2n) is 5.22. The highest BCUT2D eigenvalue weighted by molar-refractivity contribution is 5.96. The van der Waals surface area contributed by atoms with Crippen LogP contribution in [0, 0.1) is 6.92 Å². The van der Waals surface area contributed by atoms with Crippen molar-refractivity contribution in [2.75, 3.05) is 0 Å². The molecule has 90 valence electrons. The summed E-state index contributed by atoms with van der Waals surface area (Å²) in [5, 5.41) is 1.06. The van der Waals surface area contributed by atoms with E-state index in [0.29, 0.717) is 5.69 Å². The van der Waals surface area contributed by atoms with Crippen molar-refractivity contribution in [2.45, 2.75) is 33.3 Å². The Kier molecular flexibility index (Phi) is 2.69. The molecule has 3 nitrogen and oxygen atoms in total. The van der Waals surface area contributed by atoms with Crippen molar-refractivity contribution in [2.24, 2.45) is 0 Å². The van der Waals surface area contributed by atoms with Crippen LogP contribution in [-0.4, -0.2) is 16.6 Å². The molecule has 0 spiro atoms. The van der Waals surface area contributed by atoms with Crippen LogP contribution in [0.3, 0.4) is 0 Å². The first-order valence-corrected chi connectivity index (χ1v) is 5.68. The maximum Gasteiger partial charge on any atom is 0.355 e. The minimum Gasteiger partial charge on any atom is -0.455 e. The molecule has 2 rings (SSSR count). The van der Waals surface area contributed by atoms with E-state index >= 15 is 0 Å². The van der Waals surface area contributed by atoms with E-state index in [1.807, 2.05) is 52.0 Å². The van der Waals surface area contributed by atoms with Gasteiger partial charge in [0.15, 0.2) is 0 Å². The molecule has 1 aromatic carbocycles. The standard InChI is InChI=1S/C14H17NO2/c1-9-6-5-7-11-10(9)8-12(15-11)13(16)17-14(2,3)4/h5-8,15H,1-4H3. The smallest absolute Gasteiger partial charge is 0.355 e. The van der Waals surface area contributed by atoms with E-state index in [2.05, 4.69) is 4.98 Å². The molecular weight excluding hydrogens is 214 g/mol. The lowest BCUT2D eigenvalue weighted by molar-refractivity contribution is 0.00639. The number of carbonyl (C=O) groups is 1. The Labute approximate surface area is 101 Å². The summed E-state index contributed by atoms with van der Waals surface area (Å²) < 4.78 is 5.32. The minimum absolute atomic E-state index is 0.312. The molecule has 2 aromatic rings. The Morgan fingerprint density at radius 3 is 2.59 bits per heavy atom. The van der Waals surface area contributed by atoms with E-state index in [0.717, 1.165) is 16.5 Å². The van der Waals surface area contributed by atoms with E-state index in [1.165, 1.54) is 0 Å². The van der Waals surface area contributed by atoms with E-state index < -0.39 is 5.60 Å². The number of benzene rings is 1. The van der Waals surface area contributed by atoms with Gasteiger partial charge in [-0.3, -0.25) is 0 Å². The van der Waals surface area contributed by atoms with Crippen LogP contribution in [0.15, 0.2) is 24.3 Å². The molecule has 0 amide bonds. The Morgan fingerprint density at radius 1 is 1.29 bits per heavy atom. The summed E-state index contributed by atoms with van der Waals surface area (Å²) in [6.45, 7) is 7.60. The lowest BCUT2D eigenvalue weighted by atomic mass is 10.1. The first kappa shape index (κ1) is 11.7. The van der Waals surface area contributed by atoms with Gasteiger partial charge in [-0.1, -0.05) is 12.1 Å². The summed E-state index contributed by atoms with van der Waals surface area (Å²) >= 11 is 0. The van der Waals surface area contributed by atoms with Gasteiger partial charge in [0.25, 0.3) is 0 Å². The summed E-state index contributed by atoms with van der Waals surface area (Å²) in [4.78, 5) is 15.0. The molecule has 0 unspecified atom stereocenters. The van der Waals surface area contributed by atoms with Crippen LogP contribution in [0.1, 0.15) is 36.8 Å². The number of esters is 1. The number of H-pyrrole nitrogens is 1. The molecule has 0 radical (unpaired) electrons. The van der Waals surface area contributed by atoms with Gasteiger partial charge in [-0.15, -0.1) is 0 Å². The fraction of sp³-hybridized carbons (Fsp3) is 0.357. The van der Waals surface area contributed by atoms with Gasteiger partial charge in [0.2, 0.25) is 0 Å². The van der Waals surface area contributed by atoms with E-state index in [-0.39, 0.29) is 5.97 Å². The van der Waals surface area contributed by atoms with Gasteiger partial charge in [0.1, 0.15) is 11.3 Å². The monoisotopic (exact) mass is 231 g/mol. The molecule has 0 aliphatic carbocycles. The average molecular weight is 231 g/mol. The van der Waals surface area contributed by atoms with Gasteiger partial charge in [0, 0.05) is 10.9 Å². The lowest BCUT2D eigenvalue weighted by Gasteiger charge is -2.18. The van der Waals surface area contributed by atoms with Crippen molar-refractivity contribution in [1.82, 2.24) is 4.98 Å². The summed E-state index contributed by atoms with van der Waals surface area (Å²) in [6, 6.07) is 7.79. The molecule has 0 atom stereocenters. The zero-order valence-corrected chi connectivity index (χ0v) is 10.6. The summed E-state index contributed by atoms with van der Waals surface area (Å²) in [7, 11) is 0. The number of ether oxygens (including phenoxy) is 1. The number of aromatic amines is 1. The first-order valence-electron chi connectivity index (χ1n) is 5.68. The number of carbonyl (C=O) groups excluding carboxylic acids is 1. The molecule has 1 aromatic heterocycles. The fourth-order valence-electron chi connectivity index (χ4n) is 1.75. The van der Waals surface area contributed by atoms with Crippen LogP contribution >= 0.6 is 0 Å². The van der Waals surface area contributed by atoms with Crippen LogP contribution in [0.4, 0.5) is 0 Å². The minimum atomic E-state index is -0.469. The normalized spacial score (nSPS) is 11.8. The van der Waals surface area contributed by atoms with Crippen molar-refractivity contribution in [1.29, 1.82) is 0 Å². The van der Waals surface area contributed by atoms with E-state index in [1.54, 1.807) is 0 Å². The van der Waals surface area contributed by atoms with Crippen LogP contribution in [-0.2, 0) is 4.74 Å². The Morgan fingerprint density at radius 2 is 2.00 bits per heavy atom. The second kappa shape index (κ2) is 3.91. The van der Waals surface area contributed by atoms with Crippen LogP contribution in [0.25, 0.3) is 10.9 Å². The topological polar surface area (TPSA) is 42.1 Å². The third kappa shape index (κ3) is 2.49. The number of nitrogens with one attached hydrogen (secondary N) is 1. The molecule has 1 N–H and O–H groups in total. The SMILES string of the molecule is Cc1cccc2[nH]c(C(=O)OC(C)(C)C)cc12. The van der Waals surface area contributed by atoms with Crippen molar-refractivity contribution in [3.8, 4) is 0 Å². The number of hydrogen-bond acceptors (Lipinski definition) is 2. The predicted octanol–water partition coefficient (Wildman–Crippen LogP) is 3.43. The van der Waals surface area contributed by atoms with Crippen molar-refractivity contribution in [3.05, 3.63) is 35.5 Å². The molecule has 0 bridgehead atoms. The molecule has 3 heteroatoms. The van der Waals surface area contributed by atoms with Crippen molar-refractivity contribution in [3.63, 3.8) is 0 Å². The van der Waals surface area contributed by atoms with E-state index in [4.69, 9.17) is 4.74 Å². The maximum absolute atomic E-state index is 11.9. The first-order chi connectivity index (χ1) is 7.87. The van der Waals surface area contributed by atoms with Gasteiger partial charge in [-0.2, -0.15) is 0 Å². The van der Waals surface area contributed by atoms with Crippen LogP contribution in [0.2, 0.25) is 0 Å². The quantitative estimate of drug-likeness (QED) is 0.764. The highest BCUT2D eigenvalue weighted by atomic mass is 16.6. The number of rotatable bonds is 1. The van der Waals surface area contributed by atoms with Gasteiger partial charge in [-0.05, 0) is 45.4 Å². The lowest BCUT2D eigenvalue weighted by Crippen LogP contribution is -2.24. The fourth-order valence-corrected chi connectivity index (χ4v) is 1.75. The number of fused-ring (bicyclic) bond motifs is 1. The Hall–Kier alpha value is -1.77. The Bertz CT molecular complexity index is 561. The average Bonchev–Trinajstić information content (AvgIpc) is 2.60. The second-order valence-corrected chi connectivity index (χ2v) is 5.22. The zero-order chi connectivity index (χ0) is 12.6. The van der Waals surface area contributed by atoms with Crippen LogP contribution < -0.4 is 0 Å². The number of aromatic nitrogens is 1. The molecule has 0 aliphatic rings. The number of aryl methyl sites for hydroxylation is 1. The molecule has 0 aliphatic heterocycles. The predicted molar refractivity (Wildman–Crippen MR) is 68.2 cm³/mol. The highest BCUT2D eigenvalue weighted by Crippen LogP contribution is 2.20. The summed E-state index contributed by atoms with van der Waals surface area (Å²) in [5.74, 6) is -0.312. The molecule has 0 saturated heterocycles. The van der Waals surface area contributed by atoms with Gasteiger partial charge in [0.05, 0.1) is 0 Å². The van der Waals surface area contributed by atoms with Crippen molar-refractivity contribution >= 4 is 16.9 Å². The van der Waals surface area contributed by atoms with Crippen LogP contribution in [0.5, 0.6) is 0 Å². The third-order valence-corrected chi connectivity index (χ3v) is 2.50. The summed E-state index contributed by atoms with van der Waals surface area (Å²) in [6.07, 6.45) is 0. The third-order valence-electron chi connectivity index (χ3n) is 2.50. The van der Waals surface area contributed by atoms with Gasteiger partial charge >= 0.3 is 5.97 Å². The zero-order valence-electron chi connectivity index (χ0n) is 10.6. The molecule has 0 fully saturated rings. The number of hydrogen-bond donors (Lipinski definition) is 1. The largest absolute Gasteiger partial charge is 0.455 e. The summed E-state index contributed by atoms with van der Waals surface area (Å²) in [5.41, 5.74) is 2.15. The van der Waals surface area contributed by atoms with Gasteiger partial charge < -0.3 is 9.72 Å². The Balaban J connectivity index is 2.37. The molecule has 0 saturated carbocycles. The molecular formula is C14H17NO2. The van der Waals surface area contributed by atoms with Crippen molar-refractivity contribution < 1.29 is 9.53 Å².